The highest BCUT2D eigenvalue weighted by molar-refractivity contribution is 5.98. The minimum Gasteiger partial charge on any atom is -0.228 e. The maximum atomic E-state index is 9.59. The fraction of sp³-hybridized carbons (Fsp3) is 0. The Bertz CT molecular complexity index is 3420. The van der Waals surface area contributed by atoms with Crippen LogP contribution in [0.3, 0.4) is 0 Å². The molecule has 0 unspecified atom stereocenters. The molecule has 0 bridgehead atoms. The van der Waals surface area contributed by atoms with Crippen LogP contribution in [-0.2, 0) is 0 Å². The molecule has 0 saturated heterocycles. The second-order valence-electron chi connectivity index (χ2n) is 16.2. The van der Waals surface area contributed by atoms with Crippen LogP contribution in [0, 0.1) is 11.3 Å². The van der Waals surface area contributed by atoms with Gasteiger partial charge < -0.3 is 0 Å². The van der Waals surface area contributed by atoms with E-state index in [4.69, 9.17) is 19.9 Å². The molecule has 0 amide bonds. The monoisotopic (exact) mass is 841 g/mol. The van der Waals surface area contributed by atoms with Crippen LogP contribution < -0.4 is 0 Å². The number of aromatic nitrogens is 4. The number of hydrogen-bond donors (Lipinski definition) is 0. The lowest BCUT2D eigenvalue weighted by Crippen LogP contribution is -1.96. The predicted molar refractivity (Wildman–Crippen MR) is 269 cm³/mol. The summed E-state index contributed by atoms with van der Waals surface area (Å²) in [5, 5.41) is 11.8. The summed E-state index contributed by atoms with van der Waals surface area (Å²) in [5.74, 6) is 1.38. The van der Waals surface area contributed by atoms with Crippen LogP contribution in [0.5, 0.6) is 0 Å². The van der Waals surface area contributed by atoms with Gasteiger partial charge in [0.1, 0.15) is 0 Å². The summed E-state index contributed by atoms with van der Waals surface area (Å²) in [6, 6.07) is 83.5. The highest BCUT2D eigenvalue weighted by Gasteiger charge is 2.15. The first-order chi connectivity index (χ1) is 32.6. The molecule has 9 aromatic carbocycles. The van der Waals surface area contributed by atoms with E-state index in [-0.39, 0.29) is 0 Å². The predicted octanol–water partition coefficient (Wildman–Crippen LogP) is 15.3. The van der Waals surface area contributed by atoms with Gasteiger partial charge >= 0.3 is 0 Å². The van der Waals surface area contributed by atoms with Crippen LogP contribution in [0.25, 0.3) is 112 Å². The molecule has 0 aliphatic carbocycles. The van der Waals surface area contributed by atoms with Crippen molar-refractivity contribution in [1.82, 2.24) is 19.9 Å². The molecule has 0 radical (unpaired) electrons. The average Bonchev–Trinajstić information content (AvgIpc) is 3.41. The molecule has 2 heterocycles. The van der Waals surface area contributed by atoms with Crippen molar-refractivity contribution >= 4 is 10.8 Å². The Balaban J connectivity index is 0.965. The zero-order chi connectivity index (χ0) is 44.2. The molecule has 11 aromatic rings. The Hall–Kier alpha value is -9.11. The number of hydrogen-bond acceptors (Lipinski definition) is 5. The summed E-state index contributed by atoms with van der Waals surface area (Å²) in [6.45, 7) is 0. The van der Waals surface area contributed by atoms with E-state index in [0.717, 1.165) is 100 Å². The maximum absolute atomic E-state index is 9.59. The van der Waals surface area contributed by atoms with Gasteiger partial charge in [-0.3, -0.25) is 0 Å². The molecular weight excluding hydrogens is 803 g/mol. The fourth-order valence-electron chi connectivity index (χ4n) is 8.47. The zero-order valence-corrected chi connectivity index (χ0v) is 35.8. The average molecular weight is 842 g/mol. The Labute approximate surface area is 383 Å². The van der Waals surface area contributed by atoms with Gasteiger partial charge in [0.25, 0.3) is 0 Å². The SMILES string of the molecule is N#Cc1ccc(-c2cc3ccc(-c4ccc(-c5cc(-c6ccccc6)nc(-c6ccccc6)n5)cc4)cc3cc2-c2ccc(-c3cc(-c4ccccc4)nc(-c4ccccc4)n3)cc2)cc1. The highest BCUT2D eigenvalue weighted by Crippen LogP contribution is 2.39. The van der Waals surface area contributed by atoms with Crippen molar-refractivity contribution in [1.29, 1.82) is 5.26 Å². The standard InChI is InChI=1S/C61H39N5/c62-40-41-21-23-43(24-22-41)54-36-52-34-33-51(42-25-29-47(30-26-42)58-38-56(45-13-5-1-6-14-45)63-60(65-58)49-17-9-3-10-18-49)35-53(52)37-55(54)44-27-31-48(32-28-44)59-39-57(46-15-7-2-8-16-46)64-61(66-59)50-19-11-4-12-20-50/h1-39H. The normalized spacial score (nSPS) is 11.0. The molecule has 5 heteroatoms. The summed E-state index contributed by atoms with van der Waals surface area (Å²) in [5.41, 5.74) is 16.7. The van der Waals surface area contributed by atoms with Crippen LogP contribution in [0.2, 0.25) is 0 Å². The van der Waals surface area contributed by atoms with Crippen molar-refractivity contribution in [2.75, 3.05) is 0 Å². The Kier molecular flexibility index (Phi) is 10.6. The Morgan fingerprint density at radius 3 is 1.02 bits per heavy atom. The second kappa shape index (κ2) is 17.6. The van der Waals surface area contributed by atoms with E-state index in [1.165, 1.54) is 0 Å². The lowest BCUT2D eigenvalue weighted by atomic mass is 9.89. The van der Waals surface area contributed by atoms with E-state index in [1.54, 1.807) is 0 Å². The van der Waals surface area contributed by atoms with Crippen molar-refractivity contribution in [3.63, 3.8) is 0 Å². The Morgan fingerprint density at radius 2 is 0.591 bits per heavy atom. The smallest absolute Gasteiger partial charge is 0.160 e. The second-order valence-corrected chi connectivity index (χ2v) is 16.2. The topological polar surface area (TPSA) is 75.3 Å². The summed E-state index contributed by atoms with van der Waals surface area (Å²) >= 11 is 0. The first-order valence-electron chi connectivity index (χ1n) is 21.9. The van der Waals surface area contributed by atoms with E-state index in [0.29, 0.717) is 17.2 Å². The number of nitriles is 1. The van der Waals surface area contributed by atoms with E-state index in [9.17, 15) is 5.26 Å². The Morgan fingerprint density at radius 1 is 0.258 bits per heavy atom. The van der Waals surface area contributed by atoms with Crippen molar-refractivity contribution < 1.29 is 0 Å². The van der Waals surface area contributed by atoms with Gasteiger partial charge in [-0.2, -0.15) is 5.26 Å². The van der Waals surface area contributed by atoms with Crippen LogP contribution in [0.15, 0.2) is 237 Å². The van der Waals surface area contributed by atoms with Crippen molar-refractivity contribution in [3.8, 4) is 107 Å². The summed E-state index contributed by atoms with van der Waals surface area (Å²) in [4.78, 5) is 20.1. The molecule has 66 heavy (non-hydrogen) atoms. The van der Waals surface area contributed by atoms with Crippen LogP contribution in [0.1, 0.15) is 5.56 Å². The summed E-state index contributed by atoms with van der Waals surface area (Å²) < 4.78 is 0. The summed E-state index contributed by atoms with van der Waals surface area (Å²) in [6.07, 6.45) is 0. The third kappa shape index (κ3) is 8.15. The van der Waals surface area contributed by atoms with Gasteiger partial charge in [0.05, 0.1) is 34.4 Å². The number of rotatable bonds is 9. The quantitative estimate of drug-likeness (QED) is 0.145. The van der Waals surface area contributed by atoms with E-state index in [2.05, 4.69) is 121 Å². The molecule has 0 spiro atoms. The molecule has 0 fully saturated rings. The summed E-state index contributed by atoms with van der Waals surface area (Å²) in [7, 11) is 0. The third-order valence-corrected chi connectivity index (χ3v) is 12.0. The van der Waals surface area contributed by atoms with Crippen molar-refractivity contribution in [2.24, 2.45) is 0 Å². The molecule has 308 valence electrons. The van der Waals surface area contributed by atoms with Gasteiger partial charge in [-0.1, -0.05) is 194 Å². The molecule has 0 atom stereocenters. The first kappa shape index (κ1) is 39.7. The molecule has 2 aromatic heterocycles. The van der Waals surface area contributed by atoms with Gasteiger partial charge in [0, 0.05) is 33.4 Å². The maximum Gasteiger partial charge on any atom is 0.160 e. The minimum atomic E-state index is 0.628. The van der Waals surface area contributed by atoms with Crippen molar-refractivity contribution in [3.05, 3.63) is 242 Å². The van der Waals surface area contributed by atoms with Gasteiger partial charge in [-0.25, -0.2) is 19.9 Å². The lowest BCUT2D eigenvalue weighted by molar-refractivity contribution is 1.18. The van der Waals surface area contributed by atoms with Crippen LogP contribution in [-0.4, -0.2) is 19.9 Å². The molecule has 0 aliphatic rings. The minimum absolute atomic E-state index is 0.628. The molecular formula is C61H39N5. The van der Waals surface area contributed by atoms with Gasteiger partial charge in [-0.05, 0) is 86.6 Å². The van der Waals surface area contributed by atoms with Gasteiger partial charge in [0.2, 0.25) is 0 Å². The van der Waals surface area contributed by atoms with Crippen molar-refractivity contribution in [2.45, 2.75) is 0 Å². The van der Waals surface area contributed by atoms with E-state index in [1.807, 2.05) is 121 Å². The molecule has 5 nitrogen and oxygen atoms in total. The molecule has 0 N–H and O–H groups in total. The van der Waals surface area contributed by atoms with E-state index < -0.39 is 0 Å². The lowest BCUT2D eigenvalue weighted by Gasteiger charge is -2.15. The highest BCUT2D eigenvalue weighted by atomic mass is 14.9. The van der Waals surface area contributed by atoms with Crippen LogP contribution in [0.4, 0.5) is 0 Å². The third-order valence-electron chi connectivity index (χ3n) is 12.0. The van der Waals surface area contributed by atoms with Crippen LogP contribution >= 0.6 is 0 Å². The molecule has 0 aliphatic heterocycles. The van der Waals surface area contributed by atoms with Gasteiger partial charge in [0.15, 0.2) is 11.6 Å². The number of benzene rings is 9. The molecule has 0 saturated carbocycles. The fourth-order valence-corrected chi connectivity index (χ4v) is 8.47. The number of nitrogens with zero attached hydrogens (tertiary/aromatic N) is 5. The molecule has 11 rings (SSSR count). The van der Waals surface area contributed by atoms with E-state index >= 15 is 0 Å². The first-order valence-corrected chi connectivity index (χ1v) is 21.9. The number of fused-ring (bicyclic) bond motifs is 1. The zero-order valence-electron chi connectivity index (χ0n) is 35.8. The largest absolute Gasteiger partial charge is 0.228 e. The van der Waals surface area contributed by atoms with Gasteiger partial charge in [-0.15, -0.1) is 0 Å².